The van der Waals surface area contributed by atoms with E-state index in [9.17, 15) is 14.0 Å². The van der Waals surface area contributed by atoms with Gasteiger partial charge in [0, 0.05) is 4.47 Å². The molecule has 1 N–H and O–H groups in total. The van der Waals surface area contributed by atoms with Gasteiger partial charge >= 0.3 is 11.9 Å². The number of carbonyl (C=O) groups excluding carboxylic acids is 1. The van der Waals surface area contributed by atoms with E-state index in [1.54, 1.807) is 12.1 Å². The van der Waals surface area contributed by atoms with Gasteiger partial charge in [0.1, 0.15) is 5.82 Å². The van der Waals surface area contributed by atoms with Crippen LogP contribution in [0.25, 0.3) is 11.1 Å². The van der Waals surface area contributed by atoms with Crippen molar-refractivity contribution in [2.45, 2.75) is 0 Å². The first kappa shape index (κ1) is 15.2. The highest BCUT2D eigenvalue weighted by Gasteiger charge is 2.13. The van der Waals surface area contributed by atoms with Crippen molar-refractivity contribution >= 4 is 27.9 Å². The molecule has 0 atom stereocenters. The standard InChI is InChI=1S/C15H10BrFO4/c1-21-15(20)10-4-9(5-11(17)6-10)8-2-3-13(16)12(7-8)14(18)19/h2-7H,1H3,(H,18,19). The van der Waals surface area contributed by atoms with E-state index in [1.165, 1.54) is 25.3 Å². The summed E-state index contributed by atoms with van der Waals surface area (Å²) < 4.78 is 18.6. The highest BCUT2D eigenvalue weighted by Crippen LogP contribution is 2.27. The number of ether oxygens (including phenoxy) is 1. The van der Waals surface area contributed by atoms with E-state index >= 15 is 0 Å². The summed E-state index contributed by atoms with van der Waals surface area (Å²) in [5.41, 5.74) is 0.995. The first-order valence-corrected chi connectivity index (χ1v) is 6.64. The summed E-state index contributed by atoms with van der Waals surface area (Å²) in [5, 5.41) is 9.09. The van der Waals surface area contributed by atoms with Gasteiger partial charge in [0.25, 0.3) is 0 Å². The van der Waals surface area contributed by atoms with E-state index in [4.69, 9.17) is 5.11 Å². The zero-order valence-corrected chi connectivity index (χ0v) is 12.5. The number of halogens is 2. The molecule has 0 unspecified atom stereocenters. The molecule has 4 nitrogen and oxygen atoms in total. The largest absolute Gasteiger partial charge is 0.478 e. The molecule has 0 saturated carbocycles. The Kier molecular flexibility index (Phi) is 4.37. The van der Waals surface area contributed by atoms with Crippen LogP contribution < -0.4 is 0 Å². The minimum Gasteiger partial charge on any atom is -0.478 e. The number of carbonyl (C=O) groups is 2. The molecule has 0 aliphatic heterocycles. The molecule has 0 aliphatic rings. The molecule has 2 aromatic rings. The average molecular weight is 353 g/mol. The Bertz CT molecular complexity index is 728. The highest BCUT2D eigenvalue weighted by molar-refractivity contribution is 9.10. The summed E-state index contributed by atoms with van der Waals surface area (Å²) in [4.78, 5) is 22.6. The number of esters is 1. The second-order valence-electron chi connectivity index (χ2n) is 4.22. The molecular weight excluding hydrogens is 343 g/mol. The molecule has 0 radical (unpaired) electrons. The van der Waals surface area contributed by atoms with E-state index in [1.807, 2.05) is 0 Å². The smallest absolute Gasteiger partial charge is 0.337 e. The maximum atomic E-state index is 13.6. The number of carboxylic acid groups (broad SMARTS) is 1. The molecule has 0 aromatic heterocycles. The molecule has 0 fully saturated rings. The second-order valence-corrected chi connectivity index (χ2v) is 5.07. The van der Waals surface area contributed by atoms with Gasteiger partial charge in [0.15, 0.2) is 0 Å². The van der Waals surface area contributed by atoms with Crippen LogP contribution in [0.1, 0.15) is 20.7 Å². The van der Waals surface area contributed by atoms with Gasteiger partial charge in [-0.2, -0.15) is 0 Å². The third-order valence-electron chi connectivity index (χ3n) is 2.85. The van der Waals surface area contributed by atoms with Gasteiger partial charge in [-0.15, -0.1) is 0 Å². The number of carboxylic acids is 1. The summed E-state index contributed by atoms with van der Waals surface area (Å²) in [6, 6.07) is 8.33. The minimum atomic E-state index is -1.10. The number of rotatable bonds is 3. The van der Waals surface area contributed by atoms with Crippen LogP contribution in [-0.2, 0) is 4.74 Å². The Balaban J connectivity index is 2.56. The first-order chi connectivity index (χ1) is 9.92. The summed E-state index contributed by atoms with van der Waals surface area (Å²) in [5.74, 6) is -2.37. The zero-order valence-electron chi connectivity index (χ0n) is 10.9. The van der Waals surface area contributed by atoms with Gasteiger partial charge in [0.05, 0.1) is 18.2 Å². The Hall–Kier alpha value is -2.21. The lowest BCUT2D eigenvalue weighted by Crippen LogP contribution is -2.02. The molecule has 108 valence electrons. The Labute approximate surface area is 128 Å². The normalized spacial score (nSPS) is 10.2. The summed E-state index contributed by atoms with van der Waals surface area (Å²) >= 11 is 3.14. The highest BCUT2D eigenvalue weighted by atomic mass is 79.9. The molecular formula is C15H10BrFO4. The van der Waals surface area contributed by atoms with Crippen molar-refractivity contribution in [2.24, 2.45) is 0 Å². The fourth-order valence-corrected chi connectivity index (χ4v) is 2.28. The first-order valence-electron chi connectivity index (χ1n) is 5.84. The molecule has 0 bridgehead atoms. The van der Waals surface area contributed by atoms with Crippen molar-refractivity contribution in [3.63, 3.8) is 0 Å². The van der Waals surface area contributed by atoms with Crippen molar-refractivity contribution in [1.82, 2.24) is 0 Å². The molecule has 21 heavy (non-hydrogen) atoms. The number of hydrogen-bond donors (Lipinski definition) is 1. The van der Waals surface area contributed by atoms with Crippen LogP contribution in [0, 0.1) is 5.82 Å². The van der Waals surface area contributed by atoms with E-state index in [-0.39, 0.29) is 11.1 Å². The van der Waals surface area contributed by atoms with Gasteiger partial charge in [-0.05, 0) is 57.4 Å². The quantitative estimate of drug-likeness (QED) is 0.854. The van der Waals surface area contributed by atoms with Crippen LogP contribution in [-0.4, -0.2) is 24.2 Å². The average Bonchev–Trinajstić information content (AvgIpc) is 2.45. The van der Waals surface area contributed by atoms with Gasteiger partial charge in [-0.1, -0.05) is 6.07 Å². The maximum Gasteiger partial charge on any atom is 0.337 e. The van der Waals surface area contributed by atoms with Crippen LogP contribution in [0.15, 0.2) is 40.9 Å². The number of aromatic carboxylic acids is 1. The van der Waals surface area contributed by atoms with Crippen molar-refractivity contribution in [3.8, 4) is 11.1 Å². The third-order valence-corrected chi connectivity index (χ3v) is 3.54. The molecule has 2 rings (SSSR count). The van der Waals surface area contributed by atoms with Crippen LogP contribution in [0.4, 0.5) is 4.39 Å². The second kappa shape index (κ2) is 6.05. The van der Waals surface area contributed by atoms with Gasteiger partial charge in [-0.3, -0.25) is 0 Å². The van der Waals surface area contributed by atoms with Gasteiger partial charge < -0.3 is 9.84 Å². The SMILES string of the molecule is COC(=O)c1cc(F)cc(-c2ccc(Br)c(C(=O)O)c2)c1. The van der Waals surface area contributed by atoms with E-state index < -0.39 is 17.8 Å². The molecule has 6 heteroatoms. The zero-order chi connectivity index (χ0) is 15.6. The monoisotopic (exact) mass is 352 g/mol. The molecule has 2 aromatic carbocycles. The van der Waals surface area contributed by atoms with E-state index in [0.717, 1.165) is 6.07 Å². The fraction of sp³-hybridized carbons (Fsp3) is 0.0667. The maximum absolute atomic E-state index is 13.6. The topological polar surface area (TPSA) is 63.6 Å². The van der Waals surface area contributed by atoms with Crippen LogP contribution in [0.5, 0.6) is 0 Å². The molecule has 0 aliphatic carbocycles. The molecule has 0 spiro atoms. The summed E-state index contributed by atoms with van der Waals surface area (Å²) in [6.07, 6.45) is 0. The molecule has 0 saturated heterocycles. The predicted molar refractivity (Wildman–Crippen MR) is 77.8 cm³/mol. The van der Waals surface area contributed by atoms with Crippen LogP contribution in [0.2, 0.25) is 0 Å². The number of hydrogen-bond acceptors (Lipinski definition) is 3. The number of benzene rings is 2. The van der Waals surface area contributed by atoms with Crippen molar-refractivity contribution in [2.75, 3.05) is 7.11 Å². The van der Waals surface area contributed by atoms with Gasteiger partial charge in [-0.25, -0.2) is 14.0 Å². The lowest BCUT2D eigenvalue weighted by atomic mass is 10.0. The Morgan fingerprint density at radius 1 is 1.14 bits per heavy atom. The molecule has 0 heterocycles. The van der Waals surface area contributed by atoms with Crippen molar-refractivity contribution in [1.29, 1.82) is 0 Å². The number of methoxy groups -OCH3 is 1. The van der Waals surface area contributed by atoms with E-state index in [0.29, 0.717) is 15.6 Å². The van der Waals surface area contributed by atoms with Crippen LogP contribution >= 0.6 is 15.9 Å². The Morgan fingerprint density at radius 2 is 1.86 bits per heavy atom. The van der Waals surface area contributed by atoms with Crippen molar-refractivity contribution in [3.05, 3.63) is 57.8 Å². The van der Waals surface area contributed by atoms with Gasteiger partial charge in [0.2, 0.25) is 0 Å². The van der Waals surface area contributed by atoms with Crippen LogP contribution in [0.3, 0.4) is 0 Å². The lowest BCUT2D eigenvalue weighted by Gasteiger charge is -2.07. The Morgan fingerprint density at radius 3 is 2.48 bits per heavy atom. The third kappa shape index (κ3) is 3.28. The fourth-order valence-electron chi connectivity index (χ4n) is 1.86. The minimum absolute atomic E-state index is 0.0522. The summed E-state index contributed by atoms with van der Waals surface area (Å²) in [6.45, 7) is 0. The molecule has 0 amide bonds. The van der Waals surface area contributed by atoms with Crippen molar-refractivity contribution < 1.29 is 23.8 Å². The predicted octanol–water partition coefficient (Wildman–Crippen LogP) is 3.74. The summed E-state index contributed by atoms with van der Waals surface area (Å²) in [7, 11) is 1.20. The lowest BCUT2D eigenvalue weighted by molar-refractivity contribution is 0.0599. The van der Waals surface area contributed by atoms with E-state index in [2.05, 4.69) is 20.7 Å².